The van der Waals surface area contributed by atoms with Crippen molar-refractivity contribution in [2.24, 2.45) is 0 Å². The van der Waals surface area contributed by atoms with Crippen LogP contribution in [0.2, 0.25) is 0 Å². The first-order chi connectivity index (χ1) is 15.4. The van der Waals surface area contributed by atoms with Gasteiger partial charge in [-0.1, -0.05) is 42.5 Å². The van der Waals surface area contributed by atoms with Crippen LogP contribution in [0.5, 0.6) is 0 Å². The highest BCUT2D eigenvalue weighted by Gasteiger charge is 2.25. The van der Waals surface area contributed by atoms with Gasteiger partial charge in [-0.05, 0) is 30.3 Å². The largest absolute Gasteiger partial charge is 0.463 e. The molecule has 0 fully saturated rings. The monoisotopic (exact) mass is 434 g/mol. The molecular formula is C23H16F2N4O3. The Bertz CT molecular complexity index is 1350. The fourth-order valence-electron chi connectivity index (χ4n) is 3.32. The molecule has 4 aromatic rings. The molecule has 0 aliphatic carbocycles. The van der Waals surface area contributed by atoms with Crippen LogP contribution in [-0.2, 0) is 0 Å². The third kappa shape index (κ3) is 3.67. The average Bonchev–Trinajstić information content (AvgIpc) is 2.79. The standard InChI is InChI=1S/C23H16F2N4O3/c24-16-11-6-10-15(19(16)25)21-20(26)18(14-9-4-5-12-17(14)27-21)22(30)28-29(23(31)32)13-7-2-1-3-8-13/h1-12H,26H2,(H,28,30)(H,31,32). The van der Waals surface area contributed by atoms with E-state index in [1.54, 1.807) is 42.5 Å². The van der Waals surface area contributed by atoms with Crippen LogP contribution in [0.1, 0.15) is 10.4 Å². The van der Waals surface area contributed by atoms with E-state index in [0.717, 1.165) is 6.07 Å². The van der Waals surface area contributed by atoms with Crippen molar-refractivity contribution in [1.29, 1.82) is 0 Å². The van der Waals surface area contributed by atoms with E-state index in [1.165, 1.54) is 24.3 Å². The lowest BCUT2D eigenvalue weighted by molar-refractivity contribution is 0.0946. The average molecular weight is 434 g/mol. The highest BCUT2D eigenvalue weighted by atomic mass is 19.2. The Morgan fingerprint density at radius 2 is 1.62 bits per heavy atom. The van der Waals surface area contributed by atoms with Gasteiger partial charge in [0.2, 0.25) is 0 Å². The van der Waals surface area contributed by atoms with Crippen molar-refractivity contribution in [3.8, 4) is 11.3 Å². The predicted molar refractivity (Wildman–Crippen MR) is 116 cm³/mol. The zero-order valence-corrected chi connectivity index (χ0v) is 16.4. The Hall–Kier alpha value is -4.53. The topological polar surface area (TPSA) is 109 Å². The van der Waals surface area contributed by atoms with E-state index in [2.05, 4.69) is 10.4 Å². The van der Waals surface area contributed by atoms with E-state index in [-0.39, 0.29) is 28.2 Å². The van der Waals surface area contributed by atoms with Gasteiger partial charge in [0.15, 0.2) is 11.6 Å². The summed E-state index contributed by atoms with van der Waals surface area (Å²) in [4.78, 5) is 29.3. The number of carboxylic acid groups (broad SMARTS) is 1. The van der Waals surface area contributed by atoms with E-state index >= 15 is 0 Å². The van der Waals surface area contributed by atoms with Crippen molar-refractivity contribution in [3.05, 3.63) is 90.0 Å². The van der Waals surface area contributed by atoms with Crippen molar-refractivity contribution < 1.29 is 23.5 Å². The second-order valence-corrected chi connectivity index (χ2v) is 6.76. The number of halogens is 2. The molecule has 4 rings (SSSR count). The second kappa shape index (κ2) is 8.31. The lowest BCUT2D eigenvalue weighted by atomic mass is 10.0. The number of carbonyl (C=O) groups is 2. The molecule has 0 atom stereocenters. The van der Waals surface area contributed by atoms with Crippen LogP contribution in [0.3, 0.4) is 0 Å². The number of nitrogens with two attached hydrogens (primary N) is 1. The number of carbonyl (C=O) groups excluding carboxylic acids is 1. The molecule has 0 aliphatic rings. The zero-order valence-electron chi connectivity index (χ0n) is 16.4. The number of fused-ring (bicyclic) bond motifs is 1. The summed E-state index contributed by atoms with van der Waals surface area (Å²) in [7, 11) is 0. The number of benzene rings is 3. The molecule has 9 heteroatoms. The number of amides is 2. The van der Waals surface area contributed by atoms with Gasteiger partial charge in [-0.25, -0.2) is 18.6 Å². The van der Waals surface area contributed by atoms with E-state index in [0.29, 0.717) is 15.9 Å². The van der Waals surface area contributed by atoms with Crippen LogP contribution in [0.4, 0.5) is 25.0 Å². The van der Waals surface area contributed by atoms with Crippen LogP contribution in [0.25, 0.3) is 22.2 Å². The lowest BCUT2D eigenvalue weighted by Crippen LogP contribution is -2.46. The van der Waals surface area contributed by atoms with Gasteiger partial charge >= 0.3 is 6.09 Å². The van der Waals surface area contributed by atoms with Gasteiger partial charge in [-0.15, -0.1) is 0 Å². The minimum Gasteiger partial charge on any atom is -0.463 e. The Morgan fingerprint density at radius 1 is 0.938 bits per heavy atom. The highest BCUT2D eigenvalue weighted by Crippen LogP contribution is 2.34. The van der Waals surface area contributed by atoms with Crippen molar-refractivity contribution in [3.63, 3.8) is 0 Å². The number of hydrogen-bond donors (Lipinski definition) is 3. The lowest BCUT2D eigenvalue weighted by Gasteiger charge is -2.21. The number of rotatable bonds is 3. The molecule has 3 aromatic carbocycles. The molecule has 7 nitrogen and oxygen atoms in total. The first-order valence-corrected chi connectivity index (χ1v) is 9.40. The van der Waals surface area contributed by atoms with Crippen molar-refractivity contribution in [2.75, 3.05) is 10.7 Å². The summed E-state index contributed by atoms with van der Waals surface area (Å²) < 4.78 is 28.3. The first-order valence-electron chi connectivity index (χ1n) is 9.40. The molecule has 0 radical (unpaired) electrons. The van der Waals surface area contributed by atoms with Crippen molar-refractivity contribution in [2.45, 2.75) is 0 Å². The Balaban J connectivity index is 1.88. The number of nitrogens with zero attached hydrogens (tertiary/aromatic N) is 2. The molecule has 0 aliphatic heterocycles. The predicted octanol–water partition coefficient (Wildman–Crippen LogP) is 4.59. The molecule has 0 spiro atoms. The van der Waals surface area contributed by atoms with Gasteiger partial charge in [-0.3, -0.25) is 10.2 Å². The van der Waals surface area contributed by atoms with Crippen LogP contribution in [0.15, 0.2) is 72.8 Å². The number of para-hydroxylation sites is 2. The Morgan fingerprint density at radius 3 is 2.34 bits per heavy atom. The van der Waals surface area contributed by atoms with Crippen LogP contribution >= 0.6 is 0 Å². The molecule has 1 heterocycles. The number of hydrogen-bond acceptors (Lipinski definition) is 4. The molecule has 4 N–H and O–H groups in total. The van der Waals surface area contributed by atoms with Crippen LogP contribution in [-0.4, -0.2) is 22.1 Å². The van der Waals surface area contributed by atoms with Gasteiger partial charge in [0.05, 0.1) is 28.1 Å². The quantitative estimate of drug-likeness (QED) is 0.409. The highest BCUT2D eigenvalue weighted by molar-refractivity contribution is 6.14. The van der Waals surface area contributed by atoms with Gasteiger partial charge in [0.25, 0.3) is 5.91 Å². The Kier molecular flexibility index (Phi) is 5.38. The summed E-state index contributed by atoms with van der Waals surface area (Å²) >= 11 is 0. The molecule has 32 heavy (non-hydrogen) atoms. The zero-order chi connectivity index (χ0) is 22.8. The molecular weight excluding hydrogens is 418 g/mol. The van der Waals surface area contributed by atoms with Crippen molar-refractivity contribution in [1.82, 2.24) is 10.4 Å². The third-order valence-electron chi connectivity index (χ3n) is 4.78. The normalized spacial score (nSPS) is 10.7. The van der Waals surface area contributed by atoms with Crippen LogP contribution < -0.4 is 16.2 Å². The summed E-state index contributed by atoms with van der Waals surface area (Å²) in [5.41, 5.74) is 8.33. The molecule has 0 bridgehead atoms. The summed E-state index contributed by atoms with van der Waals surface area (Å²) in [5.74, 6) is -3.11. The van der Waals surface area contributed by atoms with Crippen molar-refractivity contribution >= 4 is 34.3 Å². The first kappa shape index (κ1) is 20.7. The van der Waals surface area contributed by atoms with E-state index < -0.39 is 23.6 Å². The summed E-state index contributed by atoms with van der Waals surface area (Å²) in [6.45, 7) is 0. The summed E-state index contributed by atoms with van der Waals surface area (Å²) in [6.07, 6.45) is -1.43. The number of aromatic nitrogens is 1. The van der Waals surface area contributed by atoms with Gasteiger partial charge in [0.1, 0.15) is 0 Å². The minimum absolute atomic E-state index is 0.114. The summed E-state index contributed by atoms with van der Waals surface area (Å²) in [5, 5.41) is 10.5. The maximum Gasteiger partial charge on any atom is 0.431 e. The number of nitrogens with one attached hydrogen (secondary N) is 1. The van der Waals surface area contributed by atoms with E-state index in [4.69, 9.17) is 5.73 Å². The fourth-order valence-corrected chi connectivity index (χ4v) is 3.32. The minimum atomic E-state index is -1.43. The Labute approximate surface area is 180 Å². The molecule has 0 unspecified atom stereocenters. The molecule has 2 amide bonds. The molecule has 0 saturated carbocycles. The van der Waals surface area contributed by atoms with Crippen LogP contribution in [0, 0.1) is 11.6 Å². The second-order valence-electron chi connectivity index (χ2n) is 6.76. The van der Waals surface area contributed by atoms with Gasteiger partial charge in [0, 0.05) is 10.9 Å². The number of pyridine rings is 1. The third-order valence-corrected chi connectivity index (χ3v) is 4.78. The molecule has 0 saturated heterocycles. The number of hydrazine groups is 1. The van der Waals surface area contributed by atoms with Gasteiger partial charge in [-0.2, -0.15) is 5.01 Å². The van der Waals surface area contributed by atoms with Gasteiger partial charge < -0.3 is 10.8 Å². The molecule has 160 valence electrons. The molecule has 1 aromatic heterocycles. The summed E-state index contributed by atoms with van der Waals surface area (Å²) in [6, 6.07) is 17.9. The number of anilines is 2. The van der Waals surface area contributed by atoms with E-state index in [9.17, 15) is 23.5 Å². The number of nitrogen functional groups attached to an aromatic ring is 1. The SMILES string of the molecule is Nc1c(-c2cccc(F)c2F)nc2ccccc2c1C(=O)NN(C(=O)O)c1ccccc1. The fraction of sp³-hybridized carbons (Fsp3) is 0. The smallest absolute Gasteiger partial charge is 0.431 e. The maximum absolute atomic E-state index is 14.5. The van der Waals surface area contributed by atoms with E-state index in [1.807, 2.05) is 0 Å². The maximum atomic E-state index is 14.5.